The Morgan fingerprint density at radius 3 is 2.24 bits per heavy atom. The van der Waals surface area contributed by atoms with Crippen LogP contribution >= 0.6 is 0 Å². The predicted molar refractivity (Wildman–Crippen MR) is 70.0 cm³/mol. The molecule has 0 radical (unpaired) electrons. The van der Waals surface area contributed by atoms with Gasteiger partial charge in [-0.2, -0.15) is 0 Å². The first kappa shape index (κ1) is 16.4. The summed E-state index contributed by atoms with van der Waals surface area (Å²) in [6.07, 6.45) is 5.63. The highest BCUT2D eigenvalue weighted by Gasteiger charge is 2.39. The van der Waals surface area contributed by atoms with Gasteiger partial charge >= 0.3 is 5.97 Å². The Bertz CT molecular complexity index is 224. The summed E-state index contributed by atoms with van der Waals surface area (Å²) in [7, 11) is 0. The van der Waals surface area contributed by atoms with Crippen LogP contribution in [0.3, 0.4) is 0 Å². The number of hydrogen-bond donors (Lipinski definition) is 2. The largest absolute Gasteiger partial charge is 0.481 e. The topological polar surface area (TPSA) is 57.5 Å². The van der Waals surface area contributed by atoms with Crippen molar-refractivity contribution in [3.8, 4) is 0 Å². The number of carbonyl (C=O) groups is 1. The third kappa shape index (κ3) is 5.53. The van der Waals surface area contributed by atoms with E-state index in [1.165, 1.54) is 0 Å². The van der Waals surface area contributed by atoms with Crippen LogP contribution in [0.5, 0.6) is 0 Å². The molecule has 0 bridgehead atoms. The Kier molecular flexibility index (Phi) is 7.44. The highest BCUT2D eigenvalue weighted by Crippen LogP contribution is 2.31. The molecule has 3 unspecified atom stereocenters. The molecular weight excluding hydrogens is 216 g/mol. The van der Waals surface area contributed by atoms with Crippen molar-refractivity contribution in [2.75, 3.05) is 0 Å². The molecule has 0 amide bonds. The van der Waals surface area contributed by atoms with E-state index >= 15 is 0 Å². The van der Waals surface area contributed by atoms with E-state index in [-0.39, 0.29) is 5.92 Å². The Labute approximate surface area is 105 Å². The molecule has 2 N–H and O–H groups in total. The normalized spacial score (nSPS) is 18.4. The first-order chi connectivity index (χ1) is 7.86. The molecule has 0 aromatic rings. The van der Waals surface area contributed by atoms with Gasteiger partial charge in [0.15, 0.2) is 0 Å². The number of rotatable bonds is 9. The van der Waals surface area contributed by atoms with Gasteiger partial charge in [-0.05, 0) is 19.3 Å². The lowest BCUT2D eigenvalue weighted by molar-refractivity contribution is -0.155. The van der Waals surface area contributed by atoms with Gasteiger partial charge in [0.1, 0.15) is 0 Å². The molecule has 0 aliphatic rings. The van der Waals surface area contributed by atoms with E-state index in [0.29, 0.717) is 6.42 Å². The maximum atomic E-state index is 11.3. The van der Waals surface area contributed by atoms with Crippen molar-refractivity contribution in [1.82, 2.24) is 0 Å². The van der Waals surface area contributed by atoms with Crippen molar-refractivity contribution in [2.45, 2.75) is 71.8 Å². The van der Waals surface area contributed by atoms with Crippen LogP contribution in [-0.2, 0) is 4.79 Å². The molecule has 0 spiro atoms. The zero-order valence-corrected chi connectivity index (χ0v) is 11.7. The molecule has 0 aliphatic carbocycles. The zero-order chi connectivity index (χ0) is 13.5. The summed E-state index contributed by atoms with van der Waals surface area (Å²) in [5, 5.41) is 19.6. The van der Waals surface area contributed by atoms with Gasteiger partial charge in [-0.15, -0.1) is 0 Å². The van der Waals surface area contributed by atoms with Crippen LogP contribution in [0.25, 0.3) is 0 Å². The minimum atomic E-state index is -1.09. The van der Waals surface area contributed by atoms with Crippen molar-refractivity contribution >= 4 is 5.97 Å². The van der Waals surface area contributed by atoms with Crippen LogP contribution in [0, 0.1) is 11.8 Å². The van der Waals surface area contributed by atoms with Crippen molar-refractivity contribution < 1.29 is 15.0 Å². The van der Waals surface area contributed by atoms with E-state index in [1.807, 2.05) is 13.8 Å². The maximum Gasteiger partial charge on any atom is 0.309 e. The Morgan fingerprint density at radius 2 is 1.82 bits per heavy atom. The molecule has 0 aromatic carbocycles. The summed E-state index contributed by atoms with van der Waals surface area (Å²) in [4.78, 5) is 11.3. The van der Waals surface area contributed by atoms with Crippen molar-refractivity contribution in [3.05, 3.63) is 0 Å². The van der Waals surface area contributed by atoms with E-state index in [4.69, 9.17) is 0 Å². The highest BCUT2D eigenvalue weighted by atomic mass is 16.4. The van der Waals surface area contributed by atoms with Crippen LogP contribution < -0.4 is 0 Å². The molecular formula is C14H28O3. The predicted octanol–water partition coefficient (Wildman–Crippen LogP) is 3.45. The van der Waals surface area contributed by atoms with Crippen LogP contribution in [-0.4, -0.2) is 21.8 Å². The summed E-state index contributed by atoms with van der Waals surface area (Å²) >= 11 is 0. The van der Waals surface area contributed by atoms with E-state index in [1.54, 1.807) is 6.92 Å². The summed E-state index contributed by atoms with van der Waals surface area (Å²) in [5.74, 6) is -1.53. The first-order valence-electron chi connectivity index (χ1n) is 6.82. The number of aliphatic carboxylic acids is 1. The first-order valence-corrected chi connectivity index (χ1v) is 6.82. The Balaban J connectivity index is 4.44. The molecule has 3 heteroatoms. The molecule has 102 valence electrons. The molecule has 3 nitrogen and oxygen atoms in total. The number of carboxylic acids is 1. The number of unbranched alkanes of at least 4 members (excludes halogenated alkanes) is 3. The zero-order valence-electron chi connectivity index (χ0n) is 11.7. The fraction of sp³-hybridized carbons (Fsp3) is 0.929. The molecule has 0 aliphatic heterocycles. The number of carboxylic acid groups (broad SMARTS) is 1. The van der Waals surface area contributed by atoms with Gasteiger partial charge in [0.25, 0.3) is 0 Å². The minimum absolute atomic E-state index is 0.00803. The fourth-order valence-electron chi connectivity index (χ4n) is 2.42. The molecule has 17 heavy (non-hydrogen) atoms. The van der Waals surface area contributed by atoms with Gasteiger partial charge < -0.3 is 10.2 Å². The van der Waals surface area contributed by atoms with Crippen LogP contribution in [0.15, 0.2) is 0 Å². The molecule has 0 heterocycles. The molecule has 0 rings (SSSR count). The van der Waals surface area contributed by atoms with E-state index in [9.17, 15) is 15.0 Å². The van der Waals surface area contributed by atoms with Crippen LogP contribution in [0.2, 0.25) is 0 Å². The van der Waals surface area contributed by atoms with Gasteiger partial charge in [0, 0.05) is 0 Å². The van der Waals surface area contributed by atoms with Crippen molar-refractivity contribution in [1.29, 1.82) is 0 Å². The molecule has 0 fully saturated rings. The summed E-state index contributed by atoms with van der Waals surface area (Å²) in [5.41, 5.74) is -1.09. The van der Waals surface area contributed by atoms with Crippen molar-refractivity contribution in [3.63, 3.8) is 0 Å². The second-order valence-corrected chi connectivity index (χ2v) is 5.37. The third-order valence-electron chi connectivity index (χ3n) is 3.69. The van der Waals surface area contributed by atoms with Gasteiger partial charge in [0.2, 0.25) is 0 Å². The Hall–Kier alpha value is -0.570. The van der Waals surface area contributed by atoms with Gasteiger partial charge in [-0.1, -0.05) is 52.9 Å². The summed E-state index contributed by atoms with van der Waals surface area (Å²) in [6, 6.07) is 0. The lowest BCUT2D eigenvalue weighted by Gasteiger charge is -2.33. The minimum Gasteiger partial charge on any atom is -0.481 e. The number of hydrogen-bond acceptors (Lipinski definition) is 2. The van der Waals surface area contributed by atoms with Gasteiger partial charge in [0.05, 0.1) is 11.5 Å². The quantitative estimate of drug-likeness (QED) is 0.611. The smallest absolute Gasteiger partial charge is 0.309 e. The molecule has 3 atom stereocenters. The lowest BCUT2D eigenvalue weighted by atomic mass is 9.76. The summed E-state index contributed by atoms with van der Waals surface area (Å²) < 4.78 is 0. The second-order valence-electron chi connectivity index (χ2n) is 5.37. The van der Waals surface area contributed by atoms with E-state index in [2.05, 4.69) is 6.92 Å². The van der Waals surface area contributed by atoms with Crippen LogP contribution in [0.4, 0.5) is 0 Å². The number of aliphatic hydroxyl groups is 1. The monoisotopic (exact) mass is 244 g/mol. The van der Waals surface area contributed by atoms with E-state index < -0.39 is 17.5 Å². The third-order valence-corrected chi connectivity index (χ3v) is 3.69. The van der Waals surface area contributed by atoms with Gasteiger partial charge in [-0.3, -0.25) is 4.79 Å². The maximum absolute atomic E-state index is 11.3. The SMILES string of the molecule is CCCCCCC(C)(O)C(C(=O)O)C(C)CC. The average Bonchev–Trinajstić information content (AvgIpc) is 2.23. The Morgan fingerprint density at radius 1 is 1.24 bits per heavy atom. The van der Waals surface area contributed by atoms with Crippen LogP contribution in [0.1, 0.15) is 66.2 Å². The highest BCUT2D eigenvalue weighted by molar-refractivity contribution is 5.71. The van der Waals surface area contributed by atoms with E-state index in [0.717, 1.165) is 32.1 Å². The molecule has 0 saturated carbocycles. The lowest BCUT2D eigenvalue weighted by Crippen LogP contribution is -2.43. The summed E-state index contributed by atoms with van der Waals surface area (Å²) in [6.45, 7) is 7.67. The molecule has 0 saturated heterocycles. The standard InChI is InChI=1S/C14H28O3/c1-5-7-8-9-10-14(4,17)12(13(15)16)11(3)6-2/h11-12,17H,5-10H2,1-4H3,(H,15,16). The fourth-order valence-corrected chi connectivity index (χ4v) is 2.42. The average molecular weight is 244 g/mol. The second kappa shape index (κ2) is 7.70. The van der Waals surface area contributed by atoms with Gasteiger partial charge in [-0.25, -0.2) is 0 Å². The molecule has 0 aromatic heterocycles. The van der Waals surface area contributed by atoms with Crippen molar-refractivity contribution in [2.24, 2.45) is 11.8 Å².